The molecule has 7 nitrogen and oxygen atoms in total. The number of nitrogens with one attached hydrogen (secondary N) is 2. The molecule has 2 unspecified atom stereocenters. The van der Waals surface area contributed by atoms with Crippen molar-refractivity contribution in [3.05, 3.63) is 0 Å². The van der Waals surface area contributed by atoms with Gasteiger partial charge in [0, 0.05) is 38.2 Å². The summed E-state index contributed by atoms with van der Waals surface area (Å²) in [6.07, 6.45) is 9.34. The van der Waals surface area contributed by atoms with Gasteiger partial charge in [0.2, 0.25) is 5.91 Å². The summed E-state index contributed by atoms with van der Waals surface area (Å²) in [5, 5.41) is 6.81. The van der Waals surface area contributed by atoms with Crippen molar-refractivity contribution in [2.24, 2.45) is 10.9 Å². The number of carbonyl (C=O) groups is 1. The topological polar surface area (TPSA) is 75.2 Å². The van der Waals surface area contributed by atoms with Gasteiger partial charge in [-0.1, -0.05) is 19.3 Å². The molecule has 29 heavy (non-hydrogen) atoms. The highest BCUT2D eigenvalue weighted by molar-refractivity contribution is 14.0. The number of guanidine groups is 1. The molecule has 8 heteroatoms. The first-order valence-corrected chi connectivity index (χ1v) is 11.3. The number of hydrogen-bond donors (Lipinski definition) is 2. The maximum Gasteiger partial charge on any atom is 0.225 e. The molecule has 1 saturated carbocycles. The van der Waals surface area contributed by atoms with Gasteiger partial charge < -0.3 is 25.0 Å². The molecular formula is C21H39IN4O3. The highest BCUT2D eigenvalue weighted by Gasteiger charge is 2.31. The molecule has 0 aromatic heterocycles. The molecule has 1 aliphatic carbocycles. The molecular weight excluding hydrogens is 483 g/mol. The van der Waals surface area contributed by atoms with Crippen molar-refractivity contribution < 1.29 is 14.3 Å². The molecule has 3 aliphatic rings. The summed E-state index contributed by atoms with van der Waals surface area (Å²) in [6, 6.07) is 0.276. The van der Waals surface area contributed by atoms with Crippen molar-refractivity contribution in [1.29, 1.82) is 0 Å². The maximum absolute atomic E-state index is 12.7. The van der Waals surface area contributed by atoms with Crippen LogP contribution < -0.4 is 10.6 Å². The molecule has 1 amide bonds. The van der Waals surface area contributed by atoms with Gasteiger partial charge in [-0.2, -0.15) is 0 Å². The normalized spacial score (nSPS) is 25.7. The lowest BCUT2D eigenvalue weighted by atomic mass is 9.88. The van der Waals surface area contributed by atoms with E-state index in [1.807, 2.05) is 0 Å². The van der Waals surface area contributed by atoms with E-state index in [1.54, 1.807) is 0 Å². The molecule has 2 saturated heterocycles. The Hall–Kier alpha value is -0.610. The Morgan fingerprint density at radius 1 is 1.17 bits per heavy atom. The average Bonchev–Trinajstić information content (AvgIpc) is 3.40. The number of likely N-dealkylation sites (tertiary alicyclic amines) is 1. The van der Waals surface area contributed by atoms with E-state index in [0.29, 0.717) is 25.7 Å². The molecule has 2 aliphatic heterocycles. The smallest absolute Gasteiger partial charge is 0.225 e. The first kappa shape index (κ1) is 24.7. The fourth-order valence-corrected chi connectivity index (χ4v) is 4.41. The monoisotopic (exact) mass is 522 g/mol. The first-order chi connectivity index (χ1) is 13.8. The number of rotatable bonds is 8. The lowest BCUT2D eigenvalue weighted by molar-refractivity contribution is -0.135. The quantitative estimate of drug-likeness (QED) is 0.222. The average molecular weight is 522 g/mol. The molecule has 3 fully saturated rings. The van der Waals surface area contributed by atoms with Gasteiger partial charge in [0.1, 0.15) is 0 Å². The largest absolute Gasteiger partial charge is 0.377 e. The SMILES string of the molecule is CCNC(=NCCOCC1CCCO1)NC1CCN(C(=O)C2CCCCC2)C1.I. The minimum absolute atomic E-state index is 0. The number of amides is 1. The highest BCUT2D eigenvalue weighted by atomic mass is 127. The Morgan fingerprint density at radius 3 is 2.72 bits per heavy atom. The second kappa shape index (κ2) is 13.6. The highest BCUT2D eigenvalue weighted by Crippen LogP contribution is 2.26. The first-order valence-electron chi connectivity index (χ1n) is 11.3. The number of ether oxygens (including phenoxy) is 2. The summed E-state index contributed by atoms with van der Waals surface area (Å²) in [6.45, 7) is 7.29. The fourth-order valence-electron chi connectivity index (χ4n) is 4.41. The van der Waals surface area contributed by atoms with E-state index in [2.05, 4.69) is 27.4 Å². The minimum atomic E-state index is 0. The van der Waals surface area contributed by atoms with Gasteiger partial charge in [-0.15, -0.1) is 24.0 Å². The van der Waals surface area contributed by atoms with Crippen LogP contribution in [-0.2, 0) is 14.3 Å². The Balaban J connectivity index is 0.00000300. The van der Waals surface area contributed by atoms with Crippen molar-refractivity contribution in [2.45, 2.75) is 70.4 Å². The summed E-state index contributed by atoms with van der Waals surface area (Å²) in [4.78, 5) is 19.4. The third kappa shape index (κ3) is 8.20. The van der Waals surface area contributed by atoms with E-state index < -0.39 is 0 Å². The maximum atomic E-state index is 12.7. The lowest BCUT2D eigenvalue weighted by Crippen LogP contribution is -2.45. The van der Waals surface area contributed by atoms with Gasteiger partial charge in [-0.3, -0.25) is 9.79 Å². The molecule has 2 N–H and O–H groups in total. The zero-order valence-corrected chi connectivity index (χ0v) is 20.2. The van der Waals surface area contributed by atoms with Crippen LogP contribution in [0.15, 0.2) is 4.99 Å². The number of carbonyl (C=O) groups excluding carboxylic acids is 1. The third-order valence-corrected chi connectivity index (χ3v) is 5.97. The van der Waals surface area contributed by atoms with Gasteiger partial charge in [0.05, 0.1) is 25.9 Å². The number of nitrogens with zero attached hydrogens (tertiary/aromatic N) is 2. The summed E-state index contributed by atoms with van der Waals surface area (Å²) in [7, 11) is 0. The van der Waals surface area contributed by atoms with E-state index in [9.17, 15) is 4.79 Å². The molecule has 0 radical (unpaired) electrons. The van der Waals surface area contributed by atoms with E-state index in [1.165, 1.54) is 19.3 Å². The van der Waals surface area contributed by atoms with Crippen LogP contribution in [0.5, 0.6) is 0 Å². The van der Waals surface area contributed by atoms with Crippen molar-refractivity contribution in [3.8, 4) is 0 Å². The summed E-state index contributed by atoms with van der Waals surface area (Å²) >= 11 is 0. The van der Waals surface area contributed by atoms with Gasteiger partial charge in [0.25, 0.3) is 0 Å². The van der Waals surface area contributed by atoms with Crippen LogP contribution in [0, 0.1) is 5.92 Å². The van der Waals surface area contributed by atoms with Crippen molar-refractivity contribution in [2.75, 3.05) is 46.0 Å². The van der Waals surface area contributed by atoms with Crippen LogP contribution in [-0.4, -0.2) is 74.9 Å². The number of hydrogen-bond acceptors (Lipinski definition) is 4. The fraction of sp³-hybridized carbons (Fsp3) is 0.905. The second-order valence-corrected chi connectivity index (χ2v) is 8.22. The molecule has 0 aromatic carbocycles. The van der Waals surface area contributed by atoms with Crippen LogP contribution in [0.2, 0.25) is 0 Å². The summed E-state index contributed by atoms with van der Waals surface area (Å²) < 4.78 is 11.3. The van der Waals surface area contributed by atoms with Crippen LogP contribution in [0.3, 0.4) is 0 Å². The van der Waals surface area contributed by atoms with Gasteiger partial charge in [-0.05, 0) is 39.0 Å². The van der Waals surface area contributed by atoms with Crippen LogP contribution >= 0.6 is 24.0 Å². The Kier molecular flexibility index (Phi) is 11.6. The molecule has 168 valence electrons. The van der Waals surface area contributed by atoms with Gasteiger partial charge in [0.15, 0.2) is 5.96 Å². The molecule has 2 heterocycles. The third-order valence-electron chi connectivity index (χ3n) is 5.97. The number of halogens is 1. The predicted octanol–water partition coefficient (Wildman–Crippen LogP) is 2.54. The van der Waals surface area contributed by atoms with Crippen LogP contribution in [0.1, 0.15) is 58.3 Å². The van der Waals surface area contributed by atoms with E-state index >= 15 is 0 Å². The Morgan fingerprint density at radius 2 is 2.00 bits per heavy atom. The van der Waals surface area contributed by atoms with E-state index in [4.69, 9.17) is 9.47 Å². The van der Waals surface area contributed by atoms with Crippen molar-refractivity contribution in [3.63, 3.8) is 0 Å². The van der Waals surface area contributed by atoms with E-state index in [-0.39, 0.29) is 42.0 Å². The van der Waals surface area contributed by atoms with Crippen LogP contribution in [0.25, 0.3) is 0 Å². The summed E-state index contributed by atoms with van der Waals surface area (Å²) in [5.41, 5.74) is 0. The van der Waals surface area contributed by atoms with Crippen molar-refractivity contribution >= 4 is 35.8 Å². The standard InChI is InChI=1S/C21H38N4O3.HI/c1-2-22-21(23-11-14-27-16-19-9-6-13-28-19)24-18-10-12-25(15-18)20(26)17-7-4-3-5-8-17;/h17-19H,2-16H2,1H3,(H2,22,23,24);1H. The van der Waals surface area contributed by atoms with Gasteiger partial charge >= 0.3 is 0 Å². The van der Waals surface area contributed by atoms with E-state index in [0.717, 1.165) is 64.3 Å². The number of aliphatic imine (C=N–C) groups is 1. The molecule has 0 aromatic rings. The lowest BCUT2D eigenvalue weighted by Gasteiger charge is -2.26. The Labute approximate surface area is 192 Å². The van der Waals surface area contributed by atoms with Gasteiger partial charge in [-0.25, -0.2) is 0 Å². The Bertz CT molecular complexity index is 508. The summed E-state index contributed by atoms with van der Waals surface area (Å²) in [5.74, 6) is 1.45. The molecule has 2 atom stereocenters. The second-order valence-electron chi connectivity index (χ2n) is 8.22. The predicted molar refractivity (Wildman–Crippen MR) is 126 cm³/mol. The van der Waals surface area contributed by atoms with Crippen molar-refractivity contribution in [1.82, 2.24) is 15.5 Å². The zero-order valence-electron chi connectivity index (χ0n) is 17.9. The molecule has 0 spiro atoms. The minimum Gasteiger partial charge on any atom is -0.377 e. The molecule has 3 rings (SSSR count). The zero-order chi connectivity index (χ0) is 19.6. The van der Waals surface area contributed by atoms with Crippen LogP contribution in [0.4, 0.5) is 0 Å². The molecule has 0 bridgehead atoms.